The molecule has 7 nitrogen and oxygen atoms in total. The first-order valence-corrected chi connectivity index (χ1v) is 8.67. The fourth-order valence-electron chi connectivity index (χ4n) is 3.32. The predicted octanol–water partition coefficient (Wildman–Crippen LogP) is 2.34. The number of phenols is 2. The van der Waals surface area contributed by atoms with Gasteiger partial charge in [-0.05, 0) is 42.3 Å². The van der Waals surface area contributed by atoms with Crippen LogP contribution in [0.25, 0.3) is 16.5 Å². The van der Waals surface area contributed by atoms with E-state index in [0.717, 1.165) is 18.1 Å². The quantitative estimate of drug-likeness (QED) is 0.608. The Hall–Kier alpha value is -3.87. The normalized spacial score (nSPS) is 13.7. The Bertz CT molecular complexity index is 1200. The molecule has 0 saturated heterocycles. The van der Waals surface area contributed by atoms with Crippen molar-refractivity contribution >= 4 is 34.2 Å². The van der Waals surface area contributed by atoms with Crippen molar-refractivity contribution in [1.82, 2.24) is 9.88 Å². The minimum Gasteiger partial charge on any atom is -0.508 e. The molecule has 2 heterocycles. The van der Waals surface area contributed by atoms with Gasteiger partial charge in [0.25, 0.3) is 17.7 Å². The number of nitrogens with zero attached hydrogens (tertiary/aromatic N) is 1. The van der Waals surface area contributed by atoms with Gasteiger partial charge in [-0.15, -0.1) is 0 Å². The molecule has 0 spiro atoms. The van der Waals surface area contributed by atoms with Crippen LogP contribution < -0.4 is 5.32 Å². The Morgan fingerprint density at radius 1 is 1.11 bits per heavy atom. The molecule has 0 saturated carbocycles. The molecule has 0 fully saturated rings. The van der Waals surface area contributed by atoms with Gasteiger partial charge in [0.2, 0.25) is 0 Å². The predicted molar refractivity (Wildman–Crippen MR) is 102 cm³/mol. The van der Waals surface area contributed by atoms with E-state index in [1.165, 1.54) is 29.0 Å². The fourth-order valence-corrected chi connectivity index (χ4v) is 3.32. The number of fused-ring (bicyclic) bond motifs is 1. The van der Waals surface area contributed by atoms with E-state index in [1.54, 1.807) is 18.2 Å². The summed E-state index contributed by atoms with van der Waals surface area (Å²) in [7, 11) is 0. The van der Waals surface area contributed by atoms with E-state index in [1.807, 2.05) is 6.92 Å². The van der Waals surface area contributed by atoms with Crippen LogP contribution in [-0.4, -0.2) is 32.5 Å². The third-order valence-electron chi connectivity index (χ3n) is 4.75. The summed E-state index contributed by atoms with van der Waals surface area (Å²) in [6.07, 6.45) is 3.31. The minimum absolute atomic E-state index is 0.0422. The zero-order valence-electron chi connectivity index (χ0n) is 14.9. The molecule has 0 atom stereocenters. The smallest absolute Gasteiger partial charge is 0.266 e. The molecular weight excluding hydrogens is 360 g/mol. The first-order chi connectivity index (χ1) is 13.4. The molecule has 2 aromatic carbocycles. The highest BCUT2D eigenvalue weighted by Crippen LogP contribution is 2.33. The van der Waals surface area contributed by atoms with Crippen molar-refractivity contribution < 1.29 is 24.6 Å². The van der Waals surface area contributed by atoms with E-state index in [4.69, 9.17) is 0 Å². The lowest BCUT2D eigenvalue weighted by Crippen LogP contribution is -2.21. The number of aromatic nitrogens is 1. The molecule has 3 aromatic rings. The number of benzene rings is 2. The molecule has 3 N–H and O–H groups in total. The Kier molecular flexibility index (Phi) is 4.00. The Morgan fingerprint density at radius 2 is 1.89 bits per heavy atom. The molecule has 2 amide bonds. The molecule has 28 heavy (non-hydrogen) atoms. The van der Waals surface area contributed by atoms with Crippen LogP contribution in [-0.2, 0) is 16.0 Å². The molecule has 4 rings (SSSR count). The molecule has 0 radical (unpaired) electrons. The maximum absolute atomic E-state index is 13.1. The lowest BCUT2D eigenvalue weighted by molar-refractivity contribution is -0.123. The van der Waals surface area contributed by atoms with Gasteiger partial charge in [0.05, 0.1) is 16.7 Å². The molecule has 1 aliphatic heterocycles. The van der Waals surface area contributed by atoms with E-state index < -0.39 is 17.7 Å². The van der Waals surface area contributed by atoms with Crippen molar-refractivity contribution in [3.63, 3.8) is 0 Å². The highest BCUT2D eigenvalue weighted by atomic mass is 16.3. The van der Waals surface area contributed by atoms with Crippen molar-refractivity contribution in [3.8, 4) is 11.5 Å². The summed E-state index contributed by atoms with van der Waals surface area (Å²) in [5.41, 5.74) is 1.88. The molecule has 1 aliphatic rings. The Balaban J connectivity index is 1.91. The number of hydrogen-bond donors (Lipinski definition) is 3. The van der Waals surface area contributed by atoms with Crippen LogP contribution in [0.15, 0.2) is 48.7 Å². The van der Waals surface area contributed by atoms with E-state index in [-0.39, 0.29) is 22.6 Å². The number of rotatable bonds is 3. The van der Waals surface area contributed by atoms with Crippen molar-refractivity contribution in [2.75, 3.05) is 0 Å². The Morgan fingerprint density at radius 3 is 2.54 bits per heavy atom. The number of phenolic OH excluding ortho intramolecular Hbond substituents is 2. The van der Waals surface area contributed by atoms with Crippen molar-refractivity contribution in [2.24, 2.45) is 0 Å². The number of imide groups is 1. The van der Waals surface area contributed by atoms with Crippen LogP contribution in [0.1, 0.15) is 28.4 Å². The monoisotopic (exact) mass is 376 g/mol. The van der Waals surface area contributed by atoms with Gasteiger partial charge in [0.15, 0.2) is 0 Å². The van der Waals surface area contributed by atoms with Crippen LogP contribution >= 0.6 is 0 Å². The van der Waals surface area contributed by atoms with E-state index in [9.17, 15) is 24.6 Å². The number of hydrogen-bond acceptors (Lipinski definition) is 5. The van der Waals surface area contributed by atoms with Crippen LogP contribution in [0.4, 0.5) is 0 Å². The molecule has 140 valence electrons. The van der Waals surface area contributed by atoms with Crippen LogP contribution in [0.5, 0.6) is 11.5 Å². The van der Waals surface area contributed by atoms with E-state index in [0.29, 0.717) is 16.5 Å². The molecular formula is C21H16N2O5. The molecule has 0 unspecified atom stereocenters. The van der Waals surface area contributed by atoms with Gasteiger partial charge in [0, 0.05) is 23.2 Å². The van der Waals surface area contributed by atoms with Crippen molar-refractivity contribution in [3.05, 3.63) is 65.4 Å². The summed E-state index contributed by atoms with van der Waals surface area (Å²) in [6.45, 7) is 1.94. The highest BCUT2D eigenvalue weighted by molar-refractivity contribution is 6.35. The van der Waals surface area contributed by atoms with Crippen molar-refractivity contribution in [2.45, 2.75) is 13.3 Å². The van der Waals surface area contributed by atoms with Gasteiger partial charge >= 0.3 is 0 Å². The number of aryl methyl sites for hydroxylation is 1. The average molecular weight is 376 g/mol. The summed E-state index contributed by atoms with van der Waals surface area (Å²) in [4.78, 5) is 36.7. The largest absolute Gasteiger partial charge is 0.508 e. The number of carbonyl (C=O) groups excluding carboxylic acids is 3. The standard InChI is InChI=1S/C21H16N2O5/c1-2-11-3-5-13(18(25)7-11)21(28)23-10-16(15-9-19(26)22-20(15)27)14-8-12(24)4-6-17(14)23/h3-10,24-25H,2H2,1H3,(H,22,26,27). The SMILES string of the molecule is CCc1ccc(C(=O)n2cc(C3=CC(=O)NC3=O)c3cc(O)ccc32)c(O)c1. The van der Waals surface area contributed by atoms with Gasteiger partial charge in [0.1, 0.15) is 11.5 Å². The highest BCUT2D eigenvalue weighted by Gasteiger charge is 2.27. The zero-order chi connectivity index (χ0) is 20.0. The zero-order valence-corrected chi connectivity index (χ0v) is 14.9. The molecule has 0 aliphatic carbocycles. The summed E-state index contributed by atoms with van der Waals surface area (Å²) in [5, 5.41) is 22.7. The second-order valence-electron chi connectivity index (χ2n) is 6.50. The topological polar surface area (TPSA) is 109 Å². The van der Waals surface area contributed by atoms with Crippen molar-refractivity contribution in [1.29, 1.82) is 0 Å². The third kappa shape index (κ3) is 2.73. The third-order valence-corrected chi connectivity index (χ3v) is 4.75. The first-order valence-electron chi connectivity index (χ1n) is 8.67. The fraction of sp³-hybridized carbons (Fsp3) is 0.0952. The Labute approximate surface area is 159 Å². The maximum Gasteiger partial charge on any atom is 0.266 e. The average Bonchev–Trinajstić information content (AvgIpc) is 3.19. The minimum atomic E-state index is -0.574. The second kappa shape index (κ2) is 6.38. The van der Waals surface area contributed by atoms with E-state index >= 15 is 0 Å². The maximum atomic E-state index is 13.1. The molecule has 0 bridgehead atoms. The van der Waals surface area contributed by atoms with Crippen LogP contribution in [0, 0.1) is 0 Å². The van der Waals surface area contributed by atoms with E-state index in [2.05, 4.69) is 5.32 Å². The number of amides is 2. The van der Waals surface area contributed by atoms with Gasteiger partial charge in [-0.2, -0.15) is 0 Å². The van der Waals surface area contributed by atoms with Gasteiger partial charge in [-0.1, -0.05) is 13.0 Å². The molecule has 1 aromatic heterocycles. The van der Waals surface area contributed by atoms with Crippen LogP contribution in [0.2, 0.25) is 0 Å². The second-order valence-corrected chi connectivity index (χ2v) is 6.50. The van der Waals surface area contributed by atoms with Gasteiger partial charge in [-0.3, -0.25) is 24.3 Å². The number of aromatic hydroxyl groups is 2. The summed E-state index contributed by atoms with van der Waals surface area (Å²) >= 11 is 0. The lowest BCUT2D eigenvalue weighted by Gasteiger charge is -2.08. The van der Waals surface area contributed by atoms with Crippen LogP contribution in [0.3, 0.4) is 0 Å². The van der Waals surface area contributed by atoms with Gasteiger partial charge in [-0.25, -0.2) is 0 Å². The first kappa shape index (κ1) is 17.5. The van der Waals surface area contributed by atoms with Gasteiger partial charge < -0.3 is 10.2 Å². The number of nitrogens with one attached hydrogen (secondary N) is 1. The molecule has 7 heteroatoms. The lowest BCUT2D eigenvalue weighted by atomic mass is 10.1. The summed E-state index contributed by atoms with van der Waals surface area (Å²) < 4.78 is 1.29. The summed E-state index contributed by atoms with van der Waals surface area (Å²) in [5.74, 6) is -1.79. The number of carbonyl (C=O) groups is 3. The summed E-state index contributed by atoms with van der Waals surface area (Å²) in [6, 6.07) is 9.23.